The van der Waals surface area contributed by atoms with Gasteiger partial charge in [0, 0.05) is 17.0 Å². The zero-order chi connectivity index (χ0) is 23.7. The van der Waals surface area contributed by atoms with Crippen LogP contribution in [-0.4, -0.2) is 23.7 Å². The summed E-state index contributed by atoms with van der Waals surface area (Å²) in [5.41, 5.74) is 4.41. The van der Waals surface area contributed by atoms with Crippen molar-refractivity contribution in [3.8, 4) is 16.9 Å². The summed E-state index contributed by atoms with van der Waals surface area (Å²) in [6.07, 6.45) is -4.01. The molecule has 1 aliphatic heterocycles. The summed E-state index contributed by atoms with van der Waals surface area (Å²) < 4.78 is 41.7. The van der Waals surface area contributed by atoms with E-state index in [1.807, 2.05) is 66.0 Å². The van der Waals surface area contributed by atoms with Gasteiger partial charge in [-0.3, -0.25) is 4.79 Å². The lowest BCUT2D eigenvalue weighted by molar-refractivity contribution is -0.274. The average Bonchev–Trinajstić information content (AvgIpc) is 3.32. The molecule has 1 atom stereocenters. The smallest absolute Gasteiger partial charge is 0.406 e. The summed E-state index contributed by atoms with van der Waals surface area (Å²) in [5, 5.41) is 1.99. The number of thiophene rings is 1. The molecule has 3 aromatic carbocycles. The molecule has 1 unspecified atom stereocenters. The zero-order valence-electron chi connectivity index (χ0n) is 18.0. The van der Waals surface area contributed by atoms with Crippen LogP contribution in [0, 0.1) is 0 Å². The van der Waals surface area contributed by atoms with Gasteiger partial charge in [-0.25, -0.2) is 0 Å². The minimum Gasteiger partial charge on any atom is -0.406 e. The first-order chi connectivity index (χ1) is 16.4. The zero-order valence-corrected chi connectivity index (χ0v) is 18.8. The summed E-state index contributed by atoms with van der Waals surface area (Å²) in [4.78, 5) is 16.6. The Hall–Kier alpha value is -3.58. The lowest BCUT2D eigenvalue weighted by Crippen LogP contribution is -2.40. The Kier molecular flexibility index (Phi) is 5.87. The van der Waals surface area contributed by atoms with Crippen LogP contribution in [0.25, 0.3) is 11.1 Å². The van der Waals surface area contributed by atoms with Gasteiger partial charge in [-0.2, -0.15) is 0 Å². The van der Waals surface area contributed by atoms with Crippen LogP contribution >= 0.6 is 11.3 Å². The molecular weight excluding hydrogens is 459 g/mol. The lowest BCUT2D eigenvalue weighted by Gasteiger charge is -2.36. The second kappa shape index (κ2) is 8.99. The number of alkyl halides is 3. The number of rotatable bonds is 4. The van der Waals surface area contributed by atoms with Crippen LogP contribution in [0.1, 0.15) is 32.4 Å². The summed E-state index contributed by atoms with van der Waals surface area (Å²) >= 11 is 1.63. The summed E-state index contributed by atoms with van der Waals surface area (Å²) in [6.45, 7) is 0.526. The minimum absolute atomic E-state index is 0.114. The Bertz CT molecular complexity index is 1280. The predicted octanol–water partition coefficient (Wildman–Crippen LogP) is 7.10. The van der Waals surface area contributed by atoms with Gasteiger partial charge >= 0.3 is 6.36 Å². The molecule has 2 heterocycles. The van der Waals surface area contributed by atoms with E-state index in [1.165, 1.54) is 17.0 Å². The highest BCUT2D eigenvalue weighted by Crippen LogP contribution is 2.39. The molecule has 0 fully saturated rings. The maximum Gasteiger partial charge on any atom is 0.573 e. The molecule has 0 N–H and O–H groups in total. The van der Waals surface area contributed by atoms with Gasteiger partial charge in [-0.15, -0.1) is 24.5 Å². The van der Waals surface area contributed by atoms with Gasteiger partial charge in [0.1, 0.15) is 5.75 Å². The molecule has 0 spiro atoms. The number of benzene rings is 3. The molecule has 0 bridgehead atoms. The van der Waals surface area contributed by atoms with E-state index in [4.69, 9.17) is 0 Å². The summed E-state index contributed by atoms with van der Waals surface area (Å²) in [7, 11) is 0. The number of carbonyl (C=O) groups excluding carboxylic acids is 1. The lowest BCUT2D eigenvalue weighted by atomic mass is 9.92. The van der Waals surface area contributed by atoms with Crippen molar-refractivity contribution in [3.05, 3.63) is 112 Å². The monoisotopic (exact) mass is 479 g/mol. The molecule has 0 saturated carbocycles. The van der Waals surface area contributed by atoms with Crippen LogP contribution in [0.4, 0.5) is 13.2 Å². The maximum absolute atomic E-state index is 13.6. The molecule has 34 heavy (non-hydrogen) atoms. The van der Waals surface area contributed by atoms with Crippen molar-refractivity contribution in [2.24, 2.45) is 0 Å². The molecule has 7 heteroatoms. The number of ether oxygens (including phenoxy) is 1. The van der Waals surface area contributed by atoms with E-state index in [0.717, 1.165) is 28.7 Å². The van der Waals surface area contributed by atoms with E-state index in [0.29, 0.717) is 12.1 Å². The van der Waals surface area contributed by atoms with Gasteiger partial charge in [0.05, 0.1) is 6.04 Å². The molecule has 5 rings (SSSR count). The van der Waals surface area contributed by atoms with Crippen LogP contribution in [-0.2, 0) is 6.42 Å². The molecule has 0 radical (unpaired) electrons. The Morgan fingerprint density at radius 2 is 1.56 bits per heavy atom. The van der Waals surface area contributed by atoms with Gasteiger partial charge in [0.2, 0.25) is 0 Å². The number of carbonyl (C=O) groups is 1. The fraction of sp³-hybridized carbons (Fsp3) is 0.148. The van der Waals surface area contributed by atoms with E-state index in [-0.39, 0.29) is 17.7 Å². The van der Waals surface area contributed by atoms with Crippen molar-refractivity contribution in [1.29, 1.82) is 0 Å². The van der Waals surface area contributed by atoms with Crippen LogP contribution in [0.3, 0.4) is 0 Å². The van der Waals surface area contributed by atoms with E-state index >= 15 is 0 Å². The Morgan fingerprint density at radius 3 is 2.24 bits per heavy atom. The molecule has 3 nitrogen and oxygen atoms in total. The first kappa shape index (κ1) is 22.2. The Morgan fingerprint density at radius 1 is 0.882 bits per heavy atom. The SMILES string of the molecule is O=C(c1ccc(-c2ccccc2)cc1)N1CCc2sccc2C1c1ccc(OC(F)(F)F)cc1. The fourth-order valence-corrected chi connectivity index (χ4v) is 5.25. The van der Waals surface area contributed by atoms with E-state index in [2.05, 4.69) is 4.74 Å². The molecule has 1 amide bonds. The van der Waals surface area contributed by atoms with Crippen molar-refractivity contribution in [2.45, 2.75) is 18.8 Å². The topological polar surface area (TPSA) is 29.5 Å². The highest BCUT2D eigenvalue weighted by atomic mass is 32.1. The predicted molar refractivity (Wildman–Crippen MR) is 126 cm³/mol. The highest BCUT2D eigenvalue weighted by molar-refractivity contribution is 7.10. The van der Waals surface area contributed by atoms with Gasteiger partial charge in [-0.05, 0) is 64.4 Å². The third kappa shape index (κ3) is 4.56. The van der Waals surface area contributed by atoms with Crippen molar-refractivity contribution in [3.63, 3.8) is 0 Å². The third-order valence-electron chi connectivity index (χ3n) is 5.90. The largest absolute Gasteiger partial charge is 0.573 e. The Balaban J connectivity index is 1.45. The van der Waals surface area contributed by atoms with Crippen molar-refractivity contribution >= 4 is 17.2 Å². The summed E-state index contributed by atoms with van der Waals surface area (Å²) in [6, 6.07) is 24.8. The van der Waals surface area contributed by atoms with E-state index < -0.39 is 6.36 Å². The standard InChI is InChI=1S/C27H20F3NO2S/c28-27(29,30)33-22-12-10-20(11-13-22)25-23-15-17-34-24(23)14-16-31(25)26(32)21-8-6-19(7-9-21)18-4-2-1-3-5-18/h1-13,15,17,25H,14,16H2. The minimum atomic E-state index is -4.75. The van der Waals surface area contributed by atoms with Gasteiger partial charge in [0.25, 0.3) is 5.91 Å². The van der Waals surface area contributed by atoms with Gasteiger partial charge in [-0.1, -0.05) is 54.6 Å². The molecular formula is C27H20F3NO2S. The van der Waals surface area contributed by atoms with Crippen molar-refractivity contribution < 1.29 is 22.7 Å². The number of hydrogen-bond acceptors (Lipinski definition) is 3. The fourth-order valence-electron chi connectivity index (χ4n) is 4.35. The van der Waals surface area contributed by atoms with Crippen molar-refractivity contribution in [1.82, 2.24) is 4.90 Å². The van der Waals surface area contributed by atoms with Crippen LogP contribution in [0.5, 0.6) is 5.75 Å². The van der Waals surface area contributed by atoms with Crippen molar-refractivity contribution in [2.75, 3.05) is 6.54 Å². The Labute approximate surface area is 199 Å². The van der Waals surface area contributed by atoms with Gasteiger partial charge in [0.15, 0.2) is 0 Å². The van der Waals surface area contributed by atoms with Crippen LogP contribution in [0.2, 0.25) is 0 Å². The molecule has 1 aliphatic rings. The normalized spacial score (nSPS) is 15.6. The molecule has 1 aromatic heterocycles. The molecule has 0 aliphatic carbocycles. The van der Waals surface area contributed by atoms with E-state index in [9.17, 15) is 18.0 Å². The first-order valence-corrected chi connectivity index (χ1v) is 11.7. The molecule has 4 aromatic rings. The van der Waals surface area contributed by atoms with Crippen LogP contribution in [0.15, 0.2) is 90.3 Å². The third-order valence-corrected chi connectivity index (χ3v) is 6.89. The van der Waals surface area contributed by atoms with Crippen LogP contribution < -0.4 is 4.74 Å². The van der Waals surface area contributed by atoms with E-state index in [1.54, 1.807) is 28.4 Å². The molecule has 172 valence electrons. The summed E-state index contributed by atoms with van der Waals surface area (Å²) in [5.74, 6) is -0.399. The quantitative estimate of drug-likeness (QED) is 0.312. The van der Waals surface area contributed by atoms with Gasteiger partial charge < -0.3 is 9.64 Å². The second-order valence-corrected chi connectivity index (χ2v) is 9.01. The highest BCUT2D eigenvalue weighted by Gasteiger charge is 2.34. The number of amides is 1. The second-order valence-electron chi connectivity index (χ2n) is 8.01. The maximum atomic E-state index is 13.6. The first-order valence-electron chi connectivity index (χ1n) is 10.8. The number of nitrogens with zero attached hydrogens (tertiary/aromatic N) is 1. The number of fused-ring (bicyclic) bond motifs is 1. The number of halogens is 3. The average molecular weight is 480 g/mol. The molecule has 0 saturated heterocycles. The number of hydrogen-bond donors (Lipinski definition) is 0.